The predicted molar refractivity (Wildman–Crippen MR) is 61.9 cm³/mol. The van der Waals surface area contributed by atoms with E-state index < -0.39 is 5.82 Å². The van der Waals surface area contributed by atoms with Crippen LogP contribution in [-0.4, -0.2) is 38.0 Å². The van der Waals surface area contributed by atoms with Crippen molar-refractivity contribution in [3.05, 3.63) is 35.6 Å². The zero-order valence-corrected chi connectivity index (χ0v) is 9.66. The standard InChI is InChI=1S/C12H17FN2O/c1-15(2)9-5-8-14-12(16)10-6-3-4-7-11(10)13/h3-4,6-7H,5,8-9H2,1-2H3,(H,14,16). The summed E-state index contributed by atoms with van der Waals surface area (Å²) < 4.78 is 13.2. The Bertz CT molecular complexity index is 353. The van der Waals surface area contributed by atoms with E-state index in [-0.39, 0.29) is 11.5 Å². The van der Waals surface area contributed by atoms with Crippen LogP contribution in [-0.2, 0) is 0 Å². The number of carbonyl (C=O) groups is 1. The molecule has 0 aliphatic heterocycles. The van der Waals surface area contributed by atoms with Crippen molar-refractivity contribution < 1.29 is 9.18 Å². The zero-order valence-electron chi connectivity index (χ0n) is 9.66. The van der Waals surface area contributed by atoms with Crippen LogP contribution in [0.15, 0.2) is 24.3 Å². The van der Waals surface area contributed by atoms with Gasteiger partial charge in [0.15, 0.2) is 0 Å². The molecule has 1 N–H and O–H groups in total. The second-order valence-corrected chi connectivity index (χ2v) is 3.89. The van der Waals surface area contributed by atoms with Gasteiger partial charge in [0.05, 0.1) is 5.56 Å². The summed E-state index contributed by atoms with van der Waals surface area (Å²) in [6.07, 6.45) is 0.854. The van der Waals surface area contributed by atoms with E-state index in [1.54, 1.807) is 12.1 Å². The number of hydrogen-bond acceptors (Lipinski definition) is 2. The third-order valence-electron chi connectivity index (χ3n) is 2.19. The minimum absolute atomic E-state index is 0.104. The Morgan fingerprint density at radius 2 is 2.06 bits per heavy atom. The number of nitrogens with one attached hydrogen (secondary N) is 1. The van der Waals surface area contributed by atoms with Gasteiger partial charge in [0, 0.05) is 6.54 Å². The molecule has 16 heavy (non-hydrogen) atoms. The monoisotopic (exact) mass is 224 g/mol. The molecule has 4 heteroatoms. The van der Waals surface area contributed by atoms with E-state index in [1.807, 2.05) is 19.0 Å². The van der Waals surface area contributed by atoms with E-state index in [9.17, 15) is 9.18 Å². The molecule has 0 aliphatic rings. The molecule has 0 atom stereocenters. The molecular weight excluding hydrogens is 207 g/mol. The lowest BCUT2D eigenvalue weighted by Gasteiger charge is -2.10. The highest BCUT2D eigenvalue weighted by Gasteiger charge is 2.09. The first-order valence-electron chi connectivity index (χ1n) is 5.28. The topological polar surface area (TPSA) is 32.3 Å². The highest BCUT2D eigenvalue weighted by molar-refractivity contribution is 5.94. The molecule has 0 spiro atoms. The molecule has 0 fully saturated rings. The summed E-state index contributed by atoms with van der Waals surface area (Å²) in [4.78, 5) is 13.6. The molecule has 1 amide bonds. The highest BCUT2D eigenvalue weighted by Crippen LogP contribution is 2.05. The largest absolute Gasteiger partial charge is 0.352 e. The number of benzene rings is 1. The Labute approximate surface area is 95.3 Å². The molecule has 0 saturated heterocycles. The van der Waals surface area contributed by atoms with Crippen molar-refractivity contribution in [3.63, 3.8) is 0 Å². The van der Waals surface area contributed by atoms with Crippen molar-refractivity contribution >= 4 is 5.91 Å². The molecular formula is C12H17FN2O. The van der Waals surface area contributed by atoms with Crippen LogP contribution in [0.2, 0.25) is 0 Å². The maximum absolute atomic E-state index is 13.2. The van der Waals surface area contributed by atoms with Crippen molar-refractivity contribution in [2.45, 2.75) is 6.42 Å². The van der Waals surface area contributed by atoms with Gasteiger partial charge in [-0.3, -0.25) is 4.79 Å². The first kappa shape index (κ1) is 12.6. The zero-order chi connectivity index (χ0) is 12.0. The molecule has 1 aromatic carbocycles. The Balaban J connectivity index is 2.39. The van der Waals surface area contributed by atoms with Crippen LogP contribution in [0.4, 0.5) is 4.39 Å². The quantitative estimate of drug-likeness (QED) is 0.769. The van der Waals surface area contributed by atoms with Gasteiger partial charge in [0.1, 0.15) is 5.82 Å². The maximum atomic E-state index is 13.2. The second-order valence-electron chi connectivity index (χ2n) is 3.89. The highest BCUT2D eigenvalue weighted by atomic mass is 19.1. The van der Waals surface area contributed by atoms with Gasteiger partial charge in [-0.1, -0.05) is 12.1 Å². The van der Waals surface area contributed by atoms with Gasteiger partial charge in [-0.05, 0) is 39.2 Å². The van der Waals surface area contributed by atoms with Crippen molar-refractivity contribution in [2.24, 2.45) is 0 Å². The number of halogens is 1. The fraction of sp³-hybridized carbons (Fsp3) is 0.417. The summed E-state index contributed by atoms with van der Waals surface area (Å²) >= 11 is 0. The second kappa shape index (κ2) is 6.23. The van der Waals surface area contributed by atoms with E-state index in [2.05, 4.69) is 5.32 Å². The molecule has 0 aliphatic carbocycles. The maximum Gasteiger partial charge on any atom is 0.254 e. The van der Waals surface area contributed by atoms with Crippen LogP contribution < -0.4 is 5.32 Å². The van der Waals surface area contributed by atoms with Gasteiger partial charge in [0.2, 0.25) is 0 Å². The summed E-state index contributed by atoms with van der Waals surface area (Å²) in [5.41, 5.74) is 0.104. The fourth-order valence-corrected chi connectivity index (χ4v) is 1.34. The molecule has 0 heterocycles. The Hall–Kier alpha value is -1.42. The SMILES string of the molecule is CN(C)CCCNC(=O)c1ccccc1F. The van der Waals surface area contributed by atoms with Crippen LogP contribution in [0.5, 0.6) is 0 Å². The molecule has 0 radical (unpaired) electrons. The molecule has 0 bridgehead atoms. The molecule has 1 aromatic rings. The van der Waals surface area contributed by atoms with E-state index in [4.69, 9.17) is 0 Å². The normalized spacial score (nSPS) is 10.5. The summed E-state index contributed by atoms with van der Waals surface area (Å²) in [7, 11) is 3.94. The third kappa shape index (κ3) is 3.98. The smallest absolute Gasteiger partial charge is 0.254 e. The van der Waals surface area contributed by atoms with Crippen molar-refractivity contribution in [2.75, 3.05) is 27.2 Å². The lowest BCUT2D eigenvalue weighted by Crippen LogP contribution is -2.27. The molecule has 88 valence electrons. The van der Waals surface area contributed by atoms with Crippen LogP contribution in [0, 0.1) is 5.82 Å². The van der Waals surface area contributed by atoms with Gasteiger partial charge >= 0.3 is 0 Å². The van der Waals surface area contributed by atoms with Crippen LogP contribution in [0.1, 0.15) is 16.8 Å². The minimum Gasteiger partial charge on any atom is -0.352 e. The average molecular weight is 224 g/mol. The van der Waals surface area contributed by atoms with Crippen LogP contribution in [0.3, 0.4) is 0 Å². The summed E-state index contributed by atoms with van der Waals surface area (Å²) in [6, 6.07) is 5.99. The van der Waals surface area contributed by atoms with Gasteiger partial charge in [-0.2, -0.15) is 0 Å². The van der Waals surface area contributed by atoms with E-state index in [0.717, 1.165) is 13.0 Å². The van der Waals surface area contributed by atoms with Crippen LogP contribution >= 0.6 is 0 Å². The molecule has 0 unspecified atom stereocenters. The van der Waals surface area contributed by atoms with Crippen LogP contribution in [0.25, 0.3) is 0 Å². The van der Waals surface area contributed by atoms with Gasteiger partial charge < -0.3 is 10.2 Å². The lowest BCUT2D eigenvalue weighted by molar-refractivity contribution is 0.0948. The first-order valence-corrected chi connectivity index (χ1v) is 5.28. The molecule has 3 nitrogen and oxygen atoms in total. The number of amides is 1. The number of rotatable bonds is 5. The third-order valence-corrected chi connectivity index (χ3v) is 2.19. The van der Waals surface area contributed by atoms with Gasteiger partial charge in [0.25, 0.3) is 5.91 Å². The van der Waals surface area contributed by atoms with E-state index >= 15 is 0 Å². The van der Waals surface area contributed by atoms with Crippen molar-refractivity contribution in [1.29, 1.82) is 0 Å². The van der Waals surface area contributed by atoms with Gasteiger partial charge in [-0.15, -0.1) is 0 Å². The Morgan fingerprint density at radius 3 is 2.69 bits per heavy atom. The summed E-state index contributed by atoms with van der Waals surface area (Å²) in [5, 5.41) is 2.69. The van der Waals surface area contributed by atoms with E-state index in [0.29, 0.717) is 6.54 Å². The minimum atomic E-state index is -0.479. The first-order chi connectivity index (χ1) is 7.61. The Morgan fingerprint density at radius 1 is 1.38 bits per heavy atom. The number of nitrogens with zero attached hydrogens (tertiary/aromatic N) is 1. The van der Waals surface area contributed by atoms with E-state index in [1.165, 1.54) is 12.1 Å². The average Bonchev–Trinajstić information content (AvgIpc) is 2.24. The van der Waals surface area contributed by atoms with Crippen molar-refractivity contribution in [3.8, 4) is 0 Å². The molecule has 0 saturated carbocycles. The fourth-order valence-electron chi connectivity index (χ4n) is 1.34. The predicted octanol–water partition coefficient (Wildman–Crippen LogP) is 1.51. The number of carbonyl (C=O) groups excluding carboxylic acids is 1. The number of hydrogen-bond donors (Lipinski definition) is 1. The molecule has 0 aromatic heterocycles. The van der Waals surface area contributed by atoms with Crippen molar-refractivity contribution in [1.82, 2.24) is 10.2 Å². The van der Waals surface area contributed by atoms with Gasteiger partial charge in [-0.25, -0.2) is 4.39 Å². The Kier molecular flexibility index (Phi) is 4.92. The molecule has 1 rings (SSSR count). The lowest BCUT2D eigenvalue weighted by atomic mass is 10.2. The summed E-state index contributed by atoms with van der Waals surface area (Å²) in [5.74, 6) is -0.829. The summed E-state index contributed by atoms with van der Waals surface area (Å²) in [6.45, 7) is 1.46.